The van der Waals surface area contributed by atoms with E-state index in [0.29, 0.717) is 72.5 Å². The fourth-order valence-corrected chi connectivity index (χ4v) is 16.3. The highest BCUT2D eigenvalue weighted by Crippen LogP contribution is 2.58. The summed E-state index contributed by atoms with van der Waals surface area (Å²) in [4.78, 5) is 6.12. The van der Waals surface area contributed by atoms with Crippen molar-refractivity contribution in [3.63, 3.8) is 0 Å². The minimum atomic E-state index is 0.440. The zero-order valence-corrected chi connectivity index (χ0v) is 33.4. The number of nitrogens with zero attached hydrogens (tertiary/aromatic N) is 4. The molecule has 0 aromatic heterocycles. The second kappa shape index (κ2) is 13.9. The van der Waals surface area contributed by atoms with Crippen molar-refractivity contribution < 1.29 is 9.47 Å². The summed E-state index contributed by atoms with van der Waals surface area (Å²) in [6.45, 7) is 0. The topological polar surface area (TPSA) is 72.5 Å². The maximum absolute atomic E-state index is 10.4. The molecule has 0 N–H and O–H groups in total. The van der Waals surface area contributed by atoms with Crippen molar-refractivity contribution in [2.75, 3.05) is 0 Å². The van der Waals surface area contributed by atoms with Crippen LogP contribution in [0, 0.1) is 46.3 Å². The highest BCUT2D eigenvalue weighted by Gasteiger charge is 2.61. The van der Waals surface area contributed by atoms with Crippen LogP contribution in [0.25, 0.3) is 11.1 Å². The lowest BCUT2D eigenvalue weighted by Crippen LogP contribution is -2.63. The van der Waals surface area contributed by atoms with Gasteiger partial charge in [0.15, 0.2) is 0 Å². The molecule has 6 heteroatoms. The van der Waals surface area contributed by atoms with Crippen molar-refractivity contribution in [3.8, 4) is 23.3 Å². The summed E-state index contributed by atoms with van der Waals surface area (Å²) >= 11 is 0. The van der Waals surface area contributed by atoms with Crippen LogP contribution in [0.15, 0.2) is 36.4 Å². The van der Waals surface area contributed by atoms with Crippen LogP contribution in [0.5, 0.6) is 0 Å². The first-order valence-electron chi connectivity index (χ1n) is 23.6. The van der Waals surface area contributed by atoms with Crippen LogP contribution >= 0.6 is 0 Å². The highest BCUT2D eigenvalue weighted by molar-refractivity contribution is 5.69. The lowest BCUT2D eigenvalue weighted by molar-refractivity contribution is -0.177. The Kier molecular flexibility index (Phi) is 8.77. The minimum absolute atomic E-state index is 0.440. The fourth-order valence-electron chi connectivity index (χ4n) is 16.3. The monoisotopic (exact) mass is 750 g/mol. The van der Waals surface area contributed by atoms with E-state index in [9.17, 15) is 10.5 Å². The molecule has 12 rings (SSSR count). The van der Waals surface area contributed by atoms with E-state index in [4.69, 9.17) is 9.47 Å². The number of rotatable bonds is 3. The standard InChI is InChI=1S/C50H62N4O2/c51-27-29-19-33(31-15-17-41-39(25-31)37-7-5-13-47-49(37)53(41)43-9-1-3-11-45(43)55-47)23-35(21-29)36-22-30(28-52)20-34(24-36)32-16-18-42-40(26-32)38-8-6-14-48-50(38)54(42)44-10-2-4-12-46(44)56-48/h19-24,31-32,37-50H,1-18,25-26H2. The molecular formula is C50H62N4O2. The molecule has 16 atom stereocenters. The molecule has 2 aromatic rings. The quantitative estimate of drug-likeness (QED) is 0.311. The van der Waals surface area contributed by atoms with E-state index in [1.165, 1.54) is 140 Å². The van der Waals surface area contributed by atoms with Gasteiger partial charge >= 0.3 is 0 Å². The van der Waals surface area contributed by atoms with E-state index in [1.807, 2.05) is 0 Å². The zero-order chi connectivity index (χ0) is 37.1. The molecule has 4 heterocycles. The lowest BCUT2D eigenvalue weighted by Gasteiger charge is -2.53. The third-order valence-corrected chi connectivity index (χ3v) is 18.2. The van der Waals surface area contributed by atoms with Crippen molar-refractivity contribution in [1.29, 1.82) is 10.5 Å². The number of fused-ring (bicyclic) bond motifs is 10. The number of hydrogen-bond acceptors (Lipinski definition) is 6. The molecule has 6 saturated carbocycles. The summed E-state index contributed by atoms with van der Waals surface area (Å²) in [6.07, 6.45) is 27.6. The number of nitriles is 2. The highest BCUT2D eigenvalue weighted by atomic mass is 16.5. The van der Waals surface area contributed by atoms with Crippen molar-refractivity contribution >= 4 is 0 Å². The van der Waals surface area contributed by atoms with Crippen LogP contribution in [0.2, 0.25) is 0 Å². The van der Waals surface area contributed by atoms with Crippen LogP contribution < -0.4 is 0 Å². The summed E-state index contributed by atoms with van der Waals surface area (Å²) in [5, 5.41) is 20.8. The molecule has 0 bridgehead atoms. The van der Waals surface area contributed by atoms with Gasteiger partial charge in [-0.2, -0.15) is 10.5 Å². The Morgan fingerprint density at radius 3 is 1.34 bits per heavy atom. The van der Waals surface area contributed by atoms with Gasteiger partial charge in [-0.1, -0.05) is 50.7 Å². The van der Waals surface area contributed by atoms with E-state index in [1.54, 1.807) is 0 Å². The molecule has 16 unspecified atom stereocenters. The van der Waals surface area contributed by atoms with Gasteiger partial charge < -0.3 is 9.47 Å². The average molecular weight is 751 g/mol. The Balaban J connectivity index is 0.825. The largest absolute Gasteiger partial charge is 0.372 e. The van der Waals surface area contributed by atoms with E-state index in [-0.39, 0.29) is 0 Å². The Labute approximate surface area is 335 Å². The van der Waals surface area contributed by atoms with Gasteiger partial charge in [0.1, 0.15) is 0 Å². The van der Waals surface area contributed by atoms with E-state index < -0.39 is 0 Å². The SMILES string of the molecule is N#Cc1cc(-c2cc(C#N)cc(C3CCC4C(C3)C3CCCC5OC6CCCCC6N4C53)c2)cc(C2CCC3C(C2)C2CCCC4OC5CCCCC5N3C42)c1. The number of morpholine rings is 2. The normalized spacial score (nSPS) is 45.2. The van der Waals surface area contributed by atoms with Crippen LogP contribution in [0.1, 0.15) is 163 Å². The predicted molar refractivity (Wildman–Crippen MR) is 217 cm³/mol. The first kappa shape index (κ1) is 35.2. The van der Waals surface area contributed by atoms with Crippen LogP contribution in [-0.2, 0) is 9.47 Å². The van der Waals surface area contributed by atoms with Crippen molar-refractivity contribution in [1.82, 2.24) is 9.80 Å². The number of hydrogen-bond donors (Lipinski definition) is 0. The van der Waals surface area contributed by atoms with Gasteiger partial charge in [0.05, 0.1) is 47.7 Å². The van der Waals surface area contributed by atoms with Gasteiger partial charge in [0.25, 0.3) is 0 Å². The van der Waals surface area contributed by atoms with Crippen LogP contribution in [0.4, 0.5) is 0 Å². The third-order valence-electron chi connectivity index (χ3n) is 18.2. The molecule has 10 aliphatic rings. The fraction of sp³-hybridized carbons (Fsp3) is 0.720. The maximum Gasteiger partial charge on any atom is 0.0991 e. The third kappa shape index (κ3) is 5.51. The van der Waals surface area contributed by atoms with E-state index in [2.05, 4.69) is 58.3 Å². The molecule has 10 fully saturated rings. The Morgan fingerprint density at radius 2 is 0.875 bits per heavy atom. The molecule has 2 aromatic carbocycles. The van der Waals surface area contributed by atoms with Gasteiger partial charge in [0.2, 0.25) is 0 Å². The molecule has 0 amide bonds. The molecule has 4 aliphatic heterocycles. The van der Waals surface area contributed by atoms with Gasteiger partial charge in [-0.05, 0) is 172 Å². The average Bonchev–Trinajstić information content (AvgIpc) is 3.78. The van der Waals surface area contributed by atoms with Gasteiger partial charge in [-0.25, -0.2) is 0 Å². The molecule has 294 valence electrons. The van der Waals surface area contributed by atoms with Crippen molar-refractivity contribution in [2.45, 2.75) is 201 Å². The van der Waals surface area contributed by atoms with Gasteiger partial charge in [-0.3, -0.25) is 9.80 Å². The molecule has 56 heavy (non-hydrogen) atoms. The first-order valence-corrected chi connectivity index (χ1v) is 23.6. The van der Waals surface area contributed by atoms with Crippen LogP contribution in [0.3, 0.4) is 0 Å². The molecule has 0 radical (unpaired) electrons. The molecular weight excluding hydrogens is 689 g/mol. The summed E-state index contributed by atoms with van der Waals surface area (Å²) in [5.41, 5.74) is 6.49. The van der Waals surface area contributed by atoms with Crippen molar-refractivity contribution in [2.24, 2.45) is 23.7 Å². The molecule has 6 nitrogen and oxygen atoms in total. The number of benzene rings is 2. The summed E-state index contributed by atoms with van der Waals surface area (Å²) < 4.78 is 13.9. The zero-order valence-electron chi connectivity index (χ0n) is 33.4. The van der Waals surface area contributed by atoms with Gasteiger partial charge in [0, 0.05) is 36.3 Å². The first-order chi connectivity index (χ1) is 27.6. The van der Waals surface area contributed by atoms with Gasteiger partial charge in [-0.15, -0.1) is 0 Å². The van der Waals surface area contributed by atoms with E-state index in [0.717, 1.165) is 45.9 Å². The maximum atomic E-state index is 10.4. The van der Waals surface area contributed by atoms with Crippen LogP contribution in [-0.4, -0.2) is 70.5 Å². The molecule has 4 saturated heterocycles. The second-order valence-corrected chi connectivity index (χ2v) is 20.6. The van der Waals surface area contributed by atoms with Crippen molar-refractivity contribution in [3.05, 3.63) is 58.7 Å². The summed E-state index contributed by atoms with van der Waals surface area (Å²) in [7, 11) is 0. The Hall–Kier alpha value is -2.74. The van der Waals surface area contributed by atoms with E-state index >= 15 is 0 Å². The smallest absolute Gasteiger partial charge is 0.0991 e. The second-order valence-electron chi connectivity index (χ2n) is 20.6. The predicted octanol–water partition coefficient (Wildman–Crippen LogP) is 9.99. The Morgan fingerprint density at radius 1 is 0.429 bits per heavy atom. The summed E-state index contributed by atoms with van der Waals surface area (Å²) in [6, 6.07) is 22.5. The molecule has 0 spiro atoms. The lowest BCUT2D eigenvalue weighted by atomic mass is 9.68. The number of ether oxygens (including phenoxy) is 2. The molecule has 6 aliphatic carbocycles. The summed E-state index contributed by atoms with van der Waals surface area (Å²) in [5.74, 6) is 3.93. The Bertz CT molecular complexity index is 1790. The minimum Gasteiger partial charge on any atom is -0.372 e.